The molecule has 0 saturated carbocycles. The van der Waals surface area contributed by atoms with Crippen molar-refractivity contribution in [1.82, 2.24) is 15.5 Å². The van der Waals surface area contributed by atoms with E-state index in [-0.39, 0.29) is 23.1 Å². The second-order valence-corrected chi connectivity index (χ2v) is 8.91. The number of nitrogens with zero attached hydrogens (tertiary/aromatic N) is 2. The topological polar surface area (TPSA) is 84.0 Å². The number of rotatable bonds is 7. The van der Waals surface area contributed by atoms with Crippen molar-refractivity contribution in [1.29, 1.82) is 0 Å². The molecule has 6 nitrogen and oxygen atoms in total. The largest absolute Gasteiger partial charge is 0.344 e. The smallest absolute Gasteiger partial charge is 0.249 e. The molecule has 146 valence electrons. The van der Waals surface area contributed by atoms with E-state index < -0.39 is 6.04 Å². The summed E-state index contributed by atoms with van der Waals surface area (Å²) in [5, 5.41) is 15.1. The number of anilines is 1. The average Bonchev–Trinajstić information content (AvgIpc) is 3.06. The van der Waals surface area contributed by atoms with Crippen LogP contribution in [0, 0.1) is 11.3 Å². The predicted molar refractivity (Wildman–Crippen MR) is 109 cm³/mol. The minimum Gasteiger partial charge on any atom is -0.344 e. The molecule has 0 aliphatic rings. The van der Waals surface area contributed by atoms with Crippen LogP contribution in [0.25, 0.3) is 10.6 Å². The Morgan fingerprint density at radius 1 is 1.15 bits per heavy atom. The Kier molecular flexibility index (Phi) is 7.07. The van der Waals surface area contributed by atoms with E-state index in [1.54, 1.807) is 0 Å². The molecule has 0 spiro atoms. The van der Waals surface area contributed by atoms with Gasteiger partial charge in [0.1, 0.15) is 11.0 Å². The van der Waals surface area contributed by atoms with E-state index in [0.29, 0.717) is 11.6 Å². The van der Waals surface area contributed by atoms with Crippen molar-refractivity contribution in [2.24, 2.45) is 11.3 Å². The number of carbonyl (C=O) groups is 2. The molecule has 1 aromatic carbocycles. The summed E-state index contributed by atoms with van der Waals surface area (Å²) >= 11 is 1.31. The molecule has 27 heavy (non-hydrogen) atoms. The van der Waals surface area contributed by atoms with Crippen LogP contribution in [-0.2, 0) is 9.59 Å². The second-order valence-electron chi connectivity index (χ2n) is 7.94. The van der Waals surface area contributed by atoms with E-state index in [9.17, 15) is 9.59 Å². The summed E-state index contributed by atoms with van der Waals surface area (Å²) < 4.78 is 0. The fourth-order valence-corrected chi connectivity index (χ4v) is 3.31. The van der Waals surface area contributed by atoms with Gasteiger partial charge in [0.25, 0.3) is 0 Å². The van der Waals surface area contributed by atoms with Crippen LogP contribution >= 0.6 is 11.3 Å². The number of nitrogens with one attached hydrogen (secondary N) is 2. The summed E-state index contributed by atoms with van der Waals surface area (Å²) in [4.78, 5) is 25.1. The maximum absolute atomic E-state index is 12.8. The summed E-state index contributed by atoms with van der Waals surface area (Å²) in [7, 11) is 0. The lowest BCUT2D eigenvalue weighted by Gasteiger charge is -2.25. The molecule has 0 aliphatic heterocycles. The molecule has 0 fully saturated rings. The SMILES string of the molecule is CCC(C)C(NC(=O)CC(C)(C)C)C(=O)Nc1nnc(-c2ccccc2)s1. The van der Waals surface area contributed by atoms with Gasteiger partial charge in [0.2, 0.25) is 16.9 Å². The highest BCUT2D eigenvalue weighted by molar-refractivity contribution is 7.18. The van der Waals surface area contributed by atoms with Gasteiger partial charge in [-0.1, -0.05) is 82.7 Å². The van der Waals surface area contributed by atoms with Crippen molar-refractivity contribution < 1.29 is 9.59 Å². The highest BCUT2D eigenvalue weighted by atomic mass is 32.1. The van der Waals surface area contributed by atoms with Crippen LogP contribution in [0.15, 0.2) is 30.3 Å². The Balaban J connectivity index is 2.07. The van der Waals surface area contributed by atoms with Crippen LogP contribution in [-0.4, -0.2) is 28.1 Å². The zero-order valence-corrected chi connectivity index (χ0v) is 17.4. The van der Waals surface area contributed by atoms with E-state index in [4.69, 9.17) is 0 Å². The van der Waals surface area contributed by atoms with Crippen LogP contribution in [0.3, 0.4) is 0 Å². The molecular formula is C20H28N4O2S. The van der Waals surface area contributed by atoms with Crippen LogP contribution in [0.5, 0.6) is 0 Å². The molecule has 2 rings (SSSR count). The third kappa shape index (κ3) is 6.43. The third-order valence-corrected chi connectivity index (χ3v) is 5.07. The molecule has 0 aliphatic carbocycles. The standard InChI is InChI=1S/C20H28N4O2S/c1-6-13(2)16(21-15(25)12-20(3,4)5)17(26)22-19-24-23-18(27-19)14-10-8-7-9-11-14/h7-11,13,16H,6,12H2,1-5H3,(H,21,25)(H,22,24,26). The summed E-state index contributed by atoms with van der Waals surface area (Å²) in [6.45, 7) is 9.95. The molecule has 0 bridgehead atoms. The summed E-state index contributed by atoms with van der Waals surface area (Å²) in [6, 6.07) is 9.08. The van der Waals surface area contributed by atoms with E-state index in [1.165, 1.54) is 11.3 Å². The van der Waals surface area contributed by atoms with E-state index in [1.807, 2.05) is 65.0 Å². The lowest BCUT2D eigenvalue weighted by molar-refractivity contribution is -0.128. The number of carbonyl (C=O) groups excluding carboxylic acids is 2. The van der Waals surface area contributed by atoms with Gasteiger partial charge in [0, 0.05) is 12.0 Å². The van der Waals surface area contributed by atoms with Crippen LogP contribution in [0.4, 0.5) is 5.13 Å². The average molecular weight is 389 g/mol. The van der Waals surface area contributed by atoms with Crippen molar-refractivity contribution in [2.75, 3.05) is 5.32 Å². The van der Waals surface area contributed by atoms with Gasteiger partial charge in [-0.25, -0.2) is 0 Å². The summed E-state index contributed by atoms with van der Waals surface area (Å²) in [5.74, 6) is -0.372. The fraction of sp³-hybridized carbons (Fsp3) is 0.500. The Labute approximate surface area is 164 Å². The Morgan fingerprint density at radius 2 is 1.81 bits per heavy atom. The first kappa shape index (κ1) is 21.0. The van der Waals surface area contributed by atoms with Gasteiger partial charge >= 0.3 is 0 Å². The molecule has 2 unspecified atom stereocenters. The first-order valence-corrected chi connectivity index (χ1v) is 10.0. The van der Waals surface area contributed by atoms with Crippen LogP contribution < -0.4 is 10.6 Å². The van der Waals surface area contributed by atoms with Crippen molar-refractivity contribution >= 4 is 28.3 Å². The summed E-state index contributed by atoms with van der Waals surface area (Å²) in [5.41, 5.74) is 0.817. The van der Waals surface area contributed by atoms with Crippen LogP contribution in [0.2, 0.25) is 0 Å². The number of hydrogen-bond donors (Lipinski definition) is 2. The van der Waals surface area contributed by atoms with Gasteiger partial charge in [-0.05, 0) is 11.3 Å². The molecular weight excluding hydrogens is 360 g/mol. The van der Waals surface area contributed by atoms with Crippen molar-refractivity contribution in [3.63, 3.8) is 0 Å². The van der Waals surface area contributed by atoms with Gasteiger partial charge in [0.15, 0.2) is 0 Å². The quantitative estimate of drug-likeness (QED) is 0.747. The zero-order chi connectivity index (χ0) is 20.0. The highest BCUT2D eigenvalue weighted by Crippen LogP contribution is 2.26. The van der Waals surface area contributed by atoms with E-state index in [0.717, 1.165) is 17.0 Å². The first-order valence-electron chi connectivity index (χ1n) is 9.18. The molecule has 2 atom stereocenters. The molecule has 2 amide bonds. The zero-order valence-electron chi connectivity index (χ0n) is 16.6. The van der Waals surface area contributed by atoms with Gasteiger partial charge in [-0.3, -0.25) is 14.9 Å². The second kappa shape index (κ2) is 9.08. The molecule has 2 aromatic rings. The lowest BCUT2D eigenvalue weighted by Crippen LogP contribution is -2.48. The van der Waals surface area contributed by atoms with Crippen LogP contribution in [0.1, 0.15) is 47.5 Å². The number of aromatic nitrogens is 2. The Morgan fingerprint density at radius 3 is 2.41 bits per heavy atom. The molecule has 2 N–H and O–H groups in total. The number of hydrogen-bond acceptors (Lipinski definition) is 5. The predicted octanol–water partition coefficient (Wildman–Crippen LogP) is 4.11. The monoisotopic (exact) mass is 388 g/mol. The third-order valence-electron chi connectivity index (χ3n) is 4.18. The van der Waals surface area contributed by atoms with Gasteiger partial charge in [0.05, 0.1) is 0 Å². The maximum atomic E-state index is 12.8. The minimum atomic E-state index is -0.603. The van der Waals surface area contributed by atoms with Crippen molar-refractivity contribution in [2.45, 2.75) is 53.5 Å². The Hall–Kier alpha value is -2.28. The first-order chi connectivity index (χ1) is 12.7. The van der Waals surface area contributed by atoms with Gasteiger partial charge in [-0.2, -0.15) is 0 Å². The highest BCUT2D eigenvalue weighted by Gasteiger charge is 2.28. The maximum Gasteiger partial charge on any atom is 0.249 e. The van der Waals surface area contributed by atoms with Gasteiger partial charge in [-0.15, -0.1) is 10.2 Å². The van der Waals surface area contributed by atoms with Gasteiger partial charge < -0.3 is 5.32 Å². The normalized spacial score (nSPS) is 13.7. The molecule has 7 heteroatoms. The van der Waals surface area contributed by atoms with Crippen molar-refractivity contribution in [3.8, 4) is 10.6 Å². The van der Waals surface area contributed by atoms with Crippen molar-refractivity contribution in [3.05, 3.63) is 30.3 Å². The Bertz CT molecular complexity index is 768. The molecule has 1 aromatic heterocycles. The fourth-order valence-electron chi connectivity index (χ4n) is 2.56. The number of benzene rings is 1. The summed E-state index contributed by atoms with van der Waals surface area (Å²) in [6.07, 6.45) is 1.14. The lowest BCUT2D eigenvalue weighted by atomic mass is 9.91. The minimum absolute atomic E-state index is 0.00966. The van der Waals surface area contributed by atoms with E-state index in [2.05, 4.69) is 20.8 Å². The molecule has 0 radical (unpaired) electrons. The molecule has 0 saturated heterocycles. The van der Waals surface area contributed by atoms with E-state index >= 15 is 0 Å². The molecule has 1 heterocycles. The number of amides is 2.